The smallest absolute Gasteiger partial charge is 0.0568 e. The van der Waals surface area contributed by atoms with Crippen LogP contribution < -0.4 is 0 Å². The molecular formula is C36H74O2. The van der Waals surface area contributed by atoms with Gasteiger partial charge in [-0.15, -0.1) is 0 Å². The van der Waals surface area contributed by atoms with E-state index in [-0.39, 0.29) is 6.10 Å². The molecule has 0 aromatic rings. The lowest BCUT2D eigenvalue weighted by atomic mass is 9.87. The van der Waals surface area contributed by atoms with Crippen molar-refractivity contribution in [2.45, 2.75) is 213 Å². The molecule has 0 spiro atoms. The van der Waals surface area contributed by atoms with Crippen LogP contribution in [0.4, 0.5) is 0 Å². The molecule has 0 bridgehead atoms. The summed E-state index contributed by atoms with van der Waals surface area (Å²) in [7, 11) is 0. The van der Waals surface area contributed by atoms with Gasteiger partial charge in [0.15, 0.2) is 0 Å². The van der Waals surface area contributed by atoms with Gasteiger partial charge in [-0.25, -0.2) is 0 Å². The van der Waals surface area contributed by atoms with Crippen LogP contribution in [0.3, 0.4) is 0 Å². The standard InChI is InChI=1S/C36H74O2/c1-4-7-10-13-20-25-30-35(31-26-21-14-11-8-5-2)36(38)32-27-22-18-16-15-17-19-24-29-34(33-37)28-23-12-9-6-3/h34-38H,4-33H2,1-3H3. The van der Waals surface area contributed by atoms with Gasteiger partial charge in [0.2, 0.25) is 0 Å². The van der Waals surface area contributed by atoms with E-state index in [9.17, 15) is 10.2 Å². The Labute approximate surface area is 241 Å². The van der Waals surface area contributed by atoms with E-state index in [1.165, 1.54) is 180 Å². The molecule has 0 heterocycles. The van der Waals surface area contributed by atoms with E-state index in [2.05, 4.69) is 20.8 Å². The molecule has 2 N–H and O–H groups in total. The second-order valence-corrected chi connectivity index (χ2v) is 12.7. The van der Waals surface area contributed by atoms with Gasteiger partial charge in [-0.3, -0.25) is 0 Å². The molecule has 0 saturated heterocycles. The first-order chi connectivity index (χ1) is 18.7. The molecule has 0 radical (unpaired) electrons. The van der Waals surface area contributed by atoms with Crippen molar-refractivity contribution in [2.75, 3.05) is 6.61 Å². The molecule has 2 atom stereocenters. The predicted molar refractivity (Wildman–Crippen MR) is 171 cm³/mol. The maximum Gasteiger partial charge on any atom is 0.0568 e. The van der Waals surface area contributed by atoms with Crippen LogP contribution in [0.5, 0.6) is 0 Å². The molecule has 2 nitrogen and oxygen atoms in total. The van der Waals surface area contributed by atoms with Crippen LogP contribution in [0.1, 0.15) is 207 Å². The van der Waals surface area contributed by atoms with Crippen LogP contribution in [0.25, 0.3) is 0 Å². The molecule has 0 amide bonds. The fourth-order valence-corrected chi connectivity index (χ4v) is 6.17. The number of rotatable bonds is 32. The van der Waals surface area contributed by atoms with E-state index in [0.29, 0.717) is 18.4 Å². The molecule has 38 heavy (non-hydrogen) atoms. The van der Waals surface area contributed by atoms with Crippen LogP contribution in [-0.4, -0.2) is 22.9 Å². The molecule has 230 valence electrons. The van der Waals surface area contributed by atoms with E-state index in [1.54, 1.807) is 0 Å². The first-order valence-electron chi connectivity index (χ1n) is 18.0. The fraction of sp³-hybridized carbons (Fsp3) is 1.00. The van der Waals surface area contributed by atoms with Gasteiger partial charge in [-0.1, -0.05) is 175 Å². The minimum atomic E-state index is -0.0669. The lowest BCUT2D eigenvalue weighted by Gasteiger charge is -2.23. The third kappa shape index (κ3) is 26.2. The summed E-state index contributed by atoms with van der Waals surface area (Å²) in [5.74, 6) is 1.09. The van der Waals surface area contributed by atoms with Gasteiger partial charge in [0.1, 0.15) is 0 Å². The zero-order valence-electron chi connectivity index (χ0n) is 26.8. The molecule has 2 heteroatoms. The number of unbranched alkanes of at least 4 members (excludes halogenated alkanes) is 20. The van der Waals surface area contributed by atoms with Gasteiger partial charge in [0.05, 0.1) is 6.10 Å². The van der Waals surface area contributed by atoms with E-state index in [0.717, 1.165) is 6.42 Å². The van der Waals surface area contributed by atoms with Gasteiger partial charge in [-0.05, 0) is 43.9 Å². The van der Waals surface area contributed by atoms with E-state index < -0.39 is 0 Å². The van der Waals surface area contributed by atoms with Crippen molar-refractivity contribution in [3.63, 3.8) is 0 Å². The van der Waals surface area contributed by atoms with Crippen molar-refractivity contribution in [1.29, 1.82) is 0 Å². The Hall–Kier alpha value is -0.0800. The summed E-state index contributed by atoms with van der Waals surface area (Å²) in [6, 6.07) is 0. The van der Waals surface area contributed by atoms with Crippen molar-refractivity contribution < 1.29 is 10.2 Å². The van der Waals surface area contributed by atoms with Crippen molar-refractivity contribution in [1.82, 2.24) is 0 Å². The maximum atomic E-state index is 11.0. The van der Waals surface area contributed by atoms with Gasteiger partial charge in [0, 0.05) is 6.61 Å². The van der Waals surface area contributed by atoms with Crippen molar-refractivity contribution in [3.8, 4) is 0 Å². The van der Waals surface area contributed by atoms with Crippen LogP contribution >= 0.6 is 0 Å². The zero-order chi connectivity index (χ0) is 27.9. The van der Waals surface area contributed by atoms with Crippen molar-refractivity contribution in [2.24, 2.45) is 11.8 Å². The average Bonchev–Trinajstić information content (AvgIpc) is 2.93. The Bertz CT molecular complexity index is 408. The van der Waals surface area contributed by atoms with E-state index in [4.69, 9.17) is 0 Å². The predicted octanol–water partition coefficient (Wildman–Crippen LogP) is 11.9. The van der Waals surface area contributed by atoms with Crippen LogP contribution in [-0.2, 0) is 0 Å². The zero-order valence-corrected chi connectivity index (χ0v) is 26.8. The summed E-state index contributed by atoms with van der Waals surface area (Å²) >= 11 is 0. The van der Waals surface area contributed by atoms with Gasteiger partial charge in [-0.2, -0.15) is 0 Å². The Morgan fingerprint density at radius 1 is 0.368 bits per heavy atom. The molecule has 0 saturated carbocycles. The molecule has 0 fully saturated rings. The highest BCUT2D eigenvalue weighted by atomic mass is 16.3. The second kappa shape index (κ2) is 31.4. The largest absolute Gasteiger partial charge is 0.396 e. The first-order valence-corrected chi connectivity index (χ1v) is 18.0. The summed E-state index contributed by atoms with van der Waals surface area (Å²) in [6.07, 6.45) is 38.0. The molecule has 0 aromatic carbocycles. The Morgan fingerprint density at radius 3 is 1.03 bits per heavy atom. The highest BCUT2D eigenvalue weighted by Gasteiger charge is 2.18. The molecule has 0 aliphatic carbocycles. The highest BCUT2D eigenvalue weighted by Crippen LogP contribution is 2.25. The third-order valence-corrected chi connectivity index (χ3v) is 8.99. The van der Waals surface area contributed by atoms with Crippen molar-refractivity contribution in [3.05, 3.63) is 0 Å². The minimum absolute atomic E-state index is 0.0669. The Kier molecular flexibility index (Phi) is 31.4. The van der Waals surface area contributed by atoms with E-state index in [1.807, 2.05) is 0 Å². The summed E-state index contributed by atoms with van der Waals surface area (Å²) in [6.45, 7) is 7.23. The monoisotopic (exact) mass is 539 g/mol. The number of aliphatic hydroxyl groups is 2. The third-order valence-electron chi connectivity index (χ3n) is 8.99. The Morgan fingerprint density at radius 2 is 0.658 bits per heavy atom. The molecule has 0 aromatic heterocycles. The fourth-order valence-electron chi connectivity index (χ4n) is 6.17. The van der Waals surface area contributed by atoms with Gasteiger partial charge < -0.3 is 10.2 Å². The lowest BCUT2D eigenvalue weighted by Crippen LogP contribution is -2.20. The number of hydrogen-bond acceptors (Lipinski definition) is 2. The summed E-state index contributed by atoms with van der Waals surface area (Å²) in [5, 5.41) is 20.6. The molecule has 2 unspecified atom stereocenters. The summed E-state index contributed by atoms with van der Waals surface area (Å²) < 4.78 is 0. The lowest BCUT2D eigenvalue weighted by molar-refractivity contribution is 0.0829. The normalized spacial score (nSPS) is 13.4. The molecular weight excluding hydrogens is 464 g/mol. The van der Waals surface area contributed by atoms with Gasteiger partial charge >= 0.3 is 0 Å². The molecule has 0 aliphatic heterocycles. The van der Waals surface area contributed by atoms with E-state index >= 15 is 0 Å². The number of aliphatic hydroxyl groups excluding tert-OH is 2. The second-order valence-electron chi connectivity index (χ2n) is 12.7. The summed E-state index contributed by atoms with van der Waals surface area (Å²) in [4.78, 5) is 0. The SMILES string of the molecule is CCCCCCCCC(CCCCCCCC)C(O)CCCCCCCCCCC(CO)CCCCCC. The average molecular weight is 539 g/mol. The van der Waals surface area contributed by atoms with Crippen LogP contribution in [0.15, 0.2) is 0 Å². The van der Waals surface area contributed by atoms with Crippen LogP contribution in [0, 0.1) is 11.8 Å². The van der Waals surface area contributed by atoms with Crippen LogP contribution in [0.2, 0.25) is 0 Å². The highest BCUT2D eigenvalue weighted by molar-refractivity contribution is 4.70. The molecule has 0 rings (SSSR count). The quantitative estimate of drug-likeness (QED) is 0.0836. The Balaban J connectivity index is 3.91. The van der Waals surface area contributed by atoms with Crippen molar-refractivity contribution >= 4 is 0 Å². The topological polar surface area (TPSA) is 40.5 Å². The molecule has 0 aliphatic rings. The van der Waals surface area contributed by atoms with Gasteiger partial charge in [0.25, 0.3) is 0 Å². The maximum absolute atomic E-state index is 11.0. The summed E-state index contributed by atoms with van der Waals surface area (Å²) in [5.41, 5.74) is 0. The number of hydrogen-bond donors (Lipinski definition) is 2. The first kappa shape index (κ1) is 37.9. The minimum Gasteiger partial charge on any atom is -0.396 e.